The van der Waals surface area contributed by atoms with E-state index in [1.165, 1.54) is 0 Å². The topological polar surface area (TPSA) is 29.5 Å². The molecule has 1 amide bonds. The summed E-state index contributed by atoms with van der Waals surface area (Å²) >= 11 is 3.43. The first-order chi connectivity index (χ1) is 9.58. The van der Waals surface area contributed by atoms with Crippen LogP contribution in [-0.4, -0.2) is 19.6 Å². The molecule has 0 aliphatic carbocycles. The Morgan fingerprint density at radius 1 is 1.20 bits per heavy atom. The molecule has 0 fully saturated rings. The minimum atomic E-state index is -0.0863. The summed E-state index contributed by atoms with van der Waals surface area (Å²) in [6.07, 6.45) is 0. The Balaban J connectivity index is 1.96. The van der Waals surface area contributed by atoms with Crippen LogP contribution < -0.4 is 9.64 Å². The van der Waals surface area contributed by atoms with Gasteiger partial charge in [-0.3, -0.25) is 4.79 Å². The highest BCUT2D eigenvalue weighted by molar-refractivity contribution is 9.10. The number of nitrogens with zero attached hydrogens (tertiary/aromatic N) is 1. The van der Waals surface area contributed by atoms with Crippen LogP contribution in [0.2, 0.25) is 0 Å². The van der Waals surface area contributed by atoms with Crippen molar-refractivity contribution >= 4 is 27.5 Å². The lowest BCUT2D eigenvalue weighted by Crippen LogP contribution is -2.31. The third-order valence-corrected chi connectivity index (χ3v) is 3.90. The quantitative estimate of drug-likeness (QED) is 0.851. The largest absolute Gasteiger partial charge is 0.484 e. The smallest absolute Gasteiger partial charge is 0.264 e. The highest BCUT2D eigenvalue weighted by Gasteiger charge is 2.11. The van der Waals surface area contributed by atoms with Crippen LogP contribution in [-0.2, 0) is 4.79 Å². The van der Waals surface area contributed by atoms with Gasteiger partial charge in [-0.25, -0.2) is 0 Å². The maximum absolute atomic E-state index is 12.1. The summed E-state index contributed by atoms with van der Waals surface area (Å²) in [6, 6.07) is 15.2. The van der Waals surface area contributed by atoms with Crippen molar-refractivity contribution in [1.82, 2.24) is 0 Å². The van der Waals surface area contributed by atoms with E-state index < -0.39 is 0 Å². The second-order valence-electron chi connectivity index (χ2n) is 4.49. The molecule has 0 aliphatic rings. The van der Waals surface area contributed by atoms with Crippen molar-refractivity contribution in [2.45, 2.75) is 6.92 Å². The fourth-order valence-electron chi connectivity index (χ4n) is 1.74. The van der Waals surface area contributed by atoms with Crippen LogP contribution >= 0.6 is 15.9 Å². The van der Waals surface area contributed by atoms with Gasteiger partial charge >= 0.3 is 0 Å². The third kappa shape index (κ3) is 3.61. The summed E-state index contributed by atoms with van der Waals surface area (Å²) in [4.78, 5) is 13.6. The zero-order valence-electron chi connectivity index (χ0n) is 11.5. The molecule has 0 bridgehead atoms. The van der Waals surface area contributed by atoms with Crippen LogP contribution in [0.4, 0.5) is 5.69 Å². The number of likely N-dealkylation sites (N-methyl/N-ethyl adjacent to an activating group) is 1. The number of carbonyl (C=O) groups excluding carboxylic acids is 1. The molecule has 2 rings (SSSR count). The second kappa shape index (κ2) is 6.57. The zero-order chi connectivity index (χ0) is 14.5. The van der Waals surface area contributed by atoms with Crippen LogP contribution in [0.15, 0.2) is 53.0 Å². The standard InChI is InChI=1S/C16H16BrNO2/c1-12-10-14(8-9-15(12)17)20-11-16(19)18(2)13-6-4-3-5-7-13/h3-10H,11H2,1-2H3. The molecule has 0 saturated heterocycles. The van der Waals surface area contributed by atoms with Crippen LogP contribution in [0, 0.1) is 6.92 Å². The monoisotopic (exact) mass is 333 g/mol. The second-order valence-corrected chi connectivity index (χ2v) is 5.34. The average molecular weight is 334 g/mol. The van der Waals surface area contributed by atoms with Crippen LogP contribution in [0.1, 0.15) is 5.56 Å². The minimum absolute atomic E-state index is 0.0203. The SMILES string of the molecule is Cc1cc(OCC(=O)N(C)c2ccccc2)ccc1Br. The Kier molecular flexibility index (Phi) is 4.79. The van der Waals surface area contributed by atoms with Crippen molar-refractivity contribution in [3.05, 3.63) is 58.6 Å². The Bertz CT molecular complexity index is 599. The fraction of sp³-hybridized carbons (Fsp3) is 0.188. The molecule has 20 heavy (non-hydrogen) atoms. The van der Waals surface area contributed by atoms with E-state index in [0.29, 0.717) is 5.75 Å². The fourth-order valence-corrected chi connectivity index (χ4v) is 1.99. The van der Waals surface area contributed by atoms with E-state index in [2.05, 4.69) is 15.9 Å². The minimum Gasteiger partial charge on any atom is -0.484 e. The Hall–Kier alpha value is -1.81. The summed E-state index contributed by atoms with van der Waals surface area (Å²) < 4.78 is 6.56. The summed E-state index contributed by atoms with van der Waals surface area (Å²) in [5.41, 5.74) is 1.93. The van der Waals surface area contributed by atoms with Gasteiger partial charge in [0.2, 0.25) is 0 Å². The number of hydrogen-bond acceptors (Lipinski definition) is 2. The number of aryl methyl sites for hydroxylation is 1. The lowest BCUT2D eigenvalue weighted by molar-refractivity contribution is -0.120. The molecule has 0 heterocycles. The number of anilines is 1. The van der Waals surface area contributed by atoms with Gasteiger partial charge < -0.3 is 9.64 Å². The van der Waals surface area contributed by atoms with E-state index in [1.807, 2.05) is 55.5 Å². The van der Waals surface area contributed by atoms with Gasteiger partial charge in [-0.15, -0.1) is 0 Å². The van der Waals surface area contributed by atoms with E-state index in [9.17, 15) is 4.79 Å². The first-order valence-corrected chi connectivity index (χ1v) is 7.08. The van der Waals surface area contributed by atoms with Crippen molar-refractivity contribution in [1.29, 1.82) is 0 Å². The molecule has 0 N–H and O–H groups in total. The van der Waals surface area contributed by atoms with Gasteiger partial charge in [-0.05, 0) is 42.8 Å². The maximum Gasteiger partial charge on any atom is 0.264 e. The maximum atomic E-state index is 12.1. The van der Waals surface area contributed by atoms with Crippen LogP contribution in [0.5, 0.6) is 5.75 Å². The Labute approximate surface area is 127 Å². The highest BCUT2D eigenvalue weighted by Crippen LogP contribution is 2.21. The Morgan fingerprint density at radius 3 is 2.55 bits per heavy atom. The number of halogens is 1. The lowest BCUT2D eigenvalue weighted by atomic mass is 10.2. The van der Waals surface area contributed by atoms with Gasteiger partial charge in [0, 0.05) is 17.2 Å². The number of benzene rings is 2. The van der Waals surface area contributed by atoms with E-state index in [4.69, 9.17) is 4.74 Å². The van der Waals surface area contributed by atoms with Crippen molar-refractivity contribution < 1.29 is 9.53 Å². The van der Waals surface area contributed by atoms with Crippen LogP contribution in [0.25, 0.3) is 0 Å². The molecule has 0 aliphatic heterocycles. The van der Waals surface area contributed by atoms with Gasteiger partial charge in [0.05, 0.1) is 0 Å². The molecule has 2 aromatic rings. The average Bonchev–Trinajstić information content (AvgIpc) is 2.48. The summed E-state index contributed by atoms with van der Waals surface area (Å²) in [5, 5.41) is 0. The van der Waals surface area contributed by atoms with E-state index in [1.54, 1.807) is 11.9 Å². The predicted octanol–water partition coefficient (Wildman–Crippen LogP) is 3.80. The molecule has 104 valence electrons. The molecule has 0 unspecified atom stereocenters. The third-order valence-electron chi connectivity index (χ3n) is 3.01. The molecule has 0 saturated carbocycles. The number of carbonyl (C=O) groups is 1. The molecule has 0 atom stereocenters. The number of ether oxygens (including phenoxy) is 1. The highest BCUT2D eigenvalue weighted by atomic mass is 79.9. The molecule has 4 heteroatoms. The van der Waals surface area contributed by atoms with Crippen molar-refractivity contribution in [2.24, 2.45) is 0 Å². The van der Waals surface area contributed by atoms with Gasteiger partial charge in [-0.2, -0.15) is 0 Å². The molecule has 3 nitrogen and oxygen atoms in total. The van der Waals surface area contributed by atoms with Gasteiger partial charge in [0.15, 0.2) is 6.61 Å². The first-order valence-electron chi connectivity index (χ1n) is 6.28. The molecule has 2 aromatic carbocycles. The predicted molar refractivity (Wildman–Crippen MR) is 84.2 cm³/mol. The van der Waals surface area contributed by atoms with Gasteiger partial charge in [0.25, 0.3) is 5.91 Å². The summed E-state index contributed by atoms with van der Waals surface area (Å²) in [5.74, 6) is 0.609. The van der Waals surface area contributed by atoms with E-state index >= 15 is 0 Å². The summed E-state index contributed by atoms with van der Waals surface area (Å²) in [6.45, 7) is 2.00. The van der Waals surface area contributed by atoms with Gasteiger partial charge in [0.1, 0.15) is 5.75 Å². The van der Waals surface area contributed by atoms with Crippen LogP contribution in [0.3, 0.4) is 0 Å². The lowest BCUT2D eigenvalue weighted by Gasteiger charge is -2.17. The van der Waals surface area contributed by atoms with Crippen molar-refractivity contribution in [3.8, 4) is 5.75 Å². The number of amides is 1. The van der Waals surface area contributed by atoms with E-state index in [0.717, 1.165) is 15.7 Å². The first kappa shape index (κ1) is 14.6. The zero-order valence-corrected chi connectivity index (χ0v) is 13.1. The van der Waals surface area contributed by atoms with Crippen molar-refractivity contribution in [2.75, 3.05) is 18.6 Å². The normalized spacial score (nSPS) is 10.2. The molecule has 0 spiro atoms. The molecular formula is C16H16BrNO2. The molecular weight excluding hydrogens is 318 g/mol. The molecule has 0 aromatic heterocycles. The van der Waals surface area contributed by atoms with Crippen molar-refractivity contribution in [3.63, 3.8) is 0 Å². The molecule has 0 radical (unpaired) electrons. The summed E-state index contributed by atoms with van der Waals surface area (Å²) in [7, 11) is 1.74. The van der Waals surface area contributed by atoms with E-state index in [-0.39, 0.29) is 12.5 Å². The number of hydrogen-bond donors (Lipinski definition) is 0. The number of rotatable bonds is 4. The number of para-hydroxylation sites is 1. The van der Waals surface area contributed by atoms with Gasteiger partial charge in [-0.1, -0.05) is 34.1 Å². The Morgan fingerprint density at radius 2 is 1.90 bits per heavy atom.